The van der Waals surface area contributed by atoms with Gasteiger partial charge in [0.15, 0.2) is 5.82 Å². The van der Waals surface area contributed by atoms with E-state index < -0.39 is 5.91 Å². The largest absolute Gasteiger partial charge is 0.497 e. The quantitative estimate of drug-likeness (QED) is 0.317. The van der Waals surface area contributed by atoms with Crippen LogP contribution in [0.25, 0.3) is 20.7 Å². The second-order valence-corrected chi connectivity index (χ2v) is 8.52. The van der Waals surface area contributed by atoms with E-state index in [0.717, 1.165) is 31.4 Å². The number of thiophene rings is 2. The lowest BCUT2D eigenvalue weighted by molar-refractivity contribution is -0.135. The van der Waals surface area contributed by atoms with Crippen LogP contribution in [-0.4, -0.2) is 33.9 Å². The van der Waals surface area contributed by atoms with Crippen molar-refractivity contribution in [3.05, 3.63) is 64.4 Å². The zero-order chi connectivity index (χ0) is 22.0. The summed E-state index contributed by atoms with van der Waals surface area (Å²) < 4.78 is 5.24. The molecule has 2 amide bonds. The second kappa shape index (κ2) is 8.83. The highest BCUT2D eigenvalue weighted by molar-refractivity contribution is 7.18. The van der Waals surface area contributed by atoms with Crippen molar-refractivity contribution in [1.82, 2.24) is 15.0 Å². The molecule has 31 heavy (non-hydrogen) atoms. The molecule has 1 N–H and O–H groups in total. The van der Waals surface area contributed by atoms with E-state index in [9.17, 15) is 9.59 Å². The molecule has 0 bridgehead atoms. The molecule has 0 aromatic carbocycles. The van der Waals surface area contributed by atoms with Gasteiger partial charge in [-0.3, -0.25) is 15.0 Å². The van der Waals surface area contributed by atoms with Crippen LogP contribution >= 0.6 is 22.7 Å². The number of hydrogen-bond donors (Lipinski definition) is 1. The van der Waals surface area contributed by atoms with E-state index in [2.05, 4.69) is 10.4 Å². The summed E-state index contributed by atoms with van der Waals surface area (Å²) in [6, 6.07) is 4.00. The molecule has 3 aromatic heterocycles. The highest BCUT2D eigenvalue weighted by Gasteiger charge is 2.30. The fourth-order valence-corrected chi connectivity index (χ4v) is 4.91. The van der Waals surface area contributed by atoms with Gasteiger partial charge in [-0.1, -0.05) is 12.1 Å². The van der Waals surface area contributed by atoms with Gasteiger partial charge in [0.05, 0.1) is 12.5 Å². The van der Waals surface area contributed by atoms with Crippen LogP contribution in [0.1, 0.15) is 19.7 Å². The Labute approximate surface area is 187 Å². The van der Waals surface area contributed by atoms with Crippen LogP contribution in [-0.2, 0) is 20.7 Å². The van der Waals surface area contributed by atoms with Crippen molar-refractivity contribution in [2.75, 3.05) is 12.5 Å². The van der Waals surface area contributed by atoms with Gasteiger partial charge in [0, 0.05) is 33.9 Å². The van der Waals surface area contributed by atoms with Crippen molar-refractivity contribution in [1.29, 1.82) is 0 Å². The molecule has 7 nitrogen and oxygen atoms in total. The monoisotopic (exact) mass is 452 g/mol. The van der Waals surface area contributed by atoms with E-state index >= 15 is 0 Å². The summed E-state index contributed by atoms with van der Waals surface area (Å²) in [5, 5.41) is 5.81. The SMILES string of the molecule is C/C=C(\C=C/Cc1nc(NN2C(=O)C=C(C)C2=O)c2c(-c3cccs3)csc2n1)OC. The van der Waals surface area contributed by atoms with E-state index in [1.807, 2.05) is 48.0 Å². The Bertz CT molecular complexity index is 1240. The van der Waals surface area contributed by atoms with Gasteiger partial charge >= 0.3 is 0 Å². The number of hydrazine groups is 1. The number of carbonyl (C=O) groups is 2. The molecule has 9 heteroatoms. The van der Waals surface area contributed by atoms with Crippen LogP contribution in [0.15, 0.2) is 58.5 Å². The third-order valence-corrected chi connectivity index (χ3v) is 6.46. The Morgan fingerprint density at radius 2 is 2.13 bits per heavy atom. The zero-order valence-electron chi connectivity index (χ0n) is 17.2. The molecule has 0 aliphatic carbocycles. The molecule has 0 unspecified atom stereocenters. The van der Waals surface area contributed by atoms with Crippen LogP contribution in [0.2, 0.25) is 0 Å². The fourth-order valence-electron chi connectivity index (χ4n) is 3.13. The molecule has 158 valence electrons. The number of carbonyl (C=O) groups excluding carboxylic acids is 2. The molecule has 1 aliphatic heterocycles. The van der Waals surface area contributed by atoms with Crippen molar-refractivity contribution in [3.8, 4) is 10.4 Å². The van der Waals surface area contributed by atoms with Crippen molar-refractivity contribution >= 4 is 50.5 Å². The molecule has 1 aliphatic rings. The van der Waals surface area contributed by atoms with Crippen LogP contribution in [0.4, 0.5) is 5.82 Å². The summed E-state index contributed by atoms with van der Waals surface area (Å²) in [6.07, 6.45) is 7.41. The average Bonchev–Trinajstić information content (AvgIpc) is 3.48. The number of anilines is 1. The highest BCUT2D eigenvalue weighted by Crippen LogP contribution is 2.39. The number of allylic oxidation sites excluding steroid dienone is 3. The topological polar surface area (TPSA) is 84.4 Å². The second-order valence-electron chi connectivity index (χ2n) is 6.71. The van der Waals surface area contributed by atoms with Gasteiger partial charge < -0.3 is 4.74 Å². The van der Waals surface area contributed by atoms with Crippen molar-refractivity contribution in [3.63, 3.8) is 0 Å². The van der Waals surface area contributed by atoms with Gasteiger partial charge in [-0.15, -0.1) is 22.7 Å². The Morgan fingerprint density at radius 1 is 1.29 bits per heavy atom. The standard InChI is InChI=1S/C22H20N4O3S2/c1-4-14(29-3)7-5-9-17-23-20(25-26-18(27)11-13(2)22(26)28)19-15(12-31-21(19)24-17)16-8-6-10-30-16/h4-8,10-12H,9H2,1-3H3,(H,23,24,25)/b7-5-,14-4+. The number of rotatable bonds is 7. The lowest BCUT2D eigenvalue weighted by Crippen LogP contribution is -2.36. The number of imide groups is 1. The van der Waals surface area contributed by atoms with E-state index in [-0.39, 0.29) is 5.91 Å². The summed E-state index contributed by atoms with van der Waals surface area (Å²) >= 11 is 3.11. The molecule has 0 atom stereocenters. The molecular formula is C22H20N4O3S2. The number of hydrogen-bond acceptors (Lipinski definition) is 8. The number of amides is 2. The van der Waals surface area contributed by atoms with Crippen molar-refractivity contribution in [2.24, 2.45) is 0 Å². The lowest BCUT2D eigenvalue weighted by Gasteiger charge is -2.17. The normalized spacial score (nSPS) is 14.7. The maximum absolute atomic E-state index is 12.4. The minimum atomic E-state index is -0.415. The third-order valence-electron chi connectivity index (χ3n) is 4.69. The molecular weight excluding hydrogens is 432 g/mol. The summed E-state index contributed by atoms with van der Waals surface area (Å²) in [4.78, 5) is 35.9. The smallest absolute Gasteiger partial charge is 0.275 e. The molecule has 0 fully saturated rings. The molecule has 3 aromatic rings. The van der Waals surface area contributed by atoms with Crippen LogP contribution in [0.3, 0.4) is 0 Å². The number of nitrogens with zero attached hydrogens (tertiary/aromatic N) is 3. The van der Waals surface area contributed by atoms with Gasteiger partial charge in [-0.05, 0) is 37.4 Å². The Hall–Kier alpha value is -3.30. The predicted molar refractivity (Wildman–Crippen MR) is 124 cm³/mol. The molecule has 0 radical (unpaired) electrons. The first-order chi connectivity index (χ1) is 15.0. The van der Waals surface area contributed by atoms with Gasteiger partial charge in [-0.25, -0.2) is 9.97 Å². The first kappa shape index (κ1) is 21.0. The Morgan fingerprint density at radius 3 is 2.77 bits per heavy atom. The molecule has 0 spiro atoms. The van der Waals surface area contributed by atoms with Gasteiger partial charge in [-0.2, -0.15) is 5.01 Å². The first-order valence-corrected chi connectivity index (χ1v) is 11.3. The minimum absolute atomic E-state index is 0.383. The average molecular weight is 453 g/mol. The number of methoxy groups -OCH3 is 1. The van der Waals surface area contributed by atoms with E-state index in [1.165, 1.54) is 17.4 Å². The Kier molecular flexibility index (Phi) is 5.97. The van der Waals surface area contributed by atoms with E-state index in [4.69, 9.17) is 9.72 Å². The molecule has 0 saturated heterocycles. The van der Waals surface area contributed by atoms with E-state index in [0.29, 0.717) is 23.6 Å². The Balaban J connectivity index is 1.75. The van der Waals surface area contributed by atoms with Crippen molar-refractivity contribution in [2.45, 2.75) is 20.3 Å². The molecule has 0 saturated carbocycles. The minimum Gasteiger partial charge on any atom is -0.497 e. The van der Waals surface area contributed by atoms with Crippen molar-refractivity contribution < 1.29 is 14.3 Å². The number of aromatic nitrogens is 2. The zero-order valence-corrected chi connectivity index (χ0v) is 18.8. The summed E-state index contributed by atoms with van der Waals surface area (Å²) in [5.41, 5.74) is 4.30. The summed E-state index contributed by atoms with van der Waals surface area (Å²) in [6.45, 7) is 3.51. The maximum atomic E-state index is 12.4. The number of fused-ring (bicyclic) bond motifs is 1. The lowest BCUT2D eigenvalue weighted by atomic mass is 10.2. The summed E-state index contributed by atoms with van der Waals surface area (Å²) in [5.74, 6) is 0.942. The van der Waals surface area contributed by atoms with Crippen LogP contribution in [0, 0.1) is 0 Å². The highest BCUT2D eigenvalue weighted by atomic mass is 32.1. The molecule has 4 rings (SSSR count). The first-order valence-electron chi connectivity index (χ1n) is 9.54. The van der Waals surface area contributed by atoms with E-state index in [1.54, 1.807) is 25.4 Å². The summed E-state index contributed by atoms with van der Waals surface area (Å²) in [7, 11) is 1.61. The molecule has 4 heterocycles. The fraction of sp³-hybridized carbons (Fsp3) is 0.182. The third kappa shape index (κ3) is 4.14. The van der Waals surface area contributed by atoms with Crippen LogP contribution in [0.5, 0.6) is 0 Å². The number of nitrogens with one attached hydrogen (secondary N) is 1. The predicted octanol–water partition coefficient (Wildman–Crippen LogP) is 4.71. The van der Waals surface area contributed by atoms with Crippen LogP contribution < -0.4 is 5.43 Å². The maximum Gasteiger partial charge on any atom is 0.275 e. The van der Waals surface area contributed by atoms with Gasteiger partial charge in [0.1, 0.15) is 16.4 Å². The van der Waals surface area contributed by atoms with Gasteiger partial charge in [0.25, 0.3) is 11.8 Å². The number of ether oxygens (including phenoxy) is 1. The van der Waals surface area contributed by atoms with Gasteiger partial charge in [0.2, 0.25) is 0 Å².